The van der Waals surface area contributed by atoms with Crippen LogP contribution in [0.2, 0.25) is 0 Å². The van der Waals surface area contributed by atoms with Crippen LogP contribution in [-0.4, -0.2) is 65.7 Å². The zero-order valence-electron chi connectivity index (χ0n) is 15.9. The van der Waals surface area contributed by atoms with E-state index in [1.54, 1.807) is 11.3 Å². The molecule has 0 aromatic carbocycles. The van der Waals surface area contributed by atoms with E-state index in [9.17, 15) is 4.79 Å². The number of likely N-dealkylation sites (N-methyl/N-ethyl adjacent to an activating group) is 2. The molecule has 2 atom stereocenters. The maximum Gasteiger partial charge on any atom is 0.174 e. The van der Waals surface area contributed by atoms with Crippen LogP contribution in [0, 0.1) is 3.95 Å². The number of hydrogen-bond acceptors (Lipinski definition) is 5. The average Bonchev–Trinajstić information content (AvgIpc) is 3.06. The smallest absolute Gasteiger partial charge is 0.174 e. The number of alkyl halides is 1. The van der Waals surface area contributed by atoms with Crippen LogP contribution in [0.3, 0.4) is 0 Å². The number of rotatable bonds is 3. The number of aromatic amines is 1. The molecule has 0 radical (unpaired) electrons. The number of halogens is 1. The number of nitrogens with zero attached hydrogens (tertiary/aromatic N) is 2. The highest BCUT2D eigenvalue weighted by Crippen LogP contribution is 2.23. The van der Waals surface area contributed by atoms with Crippen molar-refractivity contribution in [1.82, 2.24) is 14.8 Å². The SMILES string of the molecule is C[C@@H]1CC=C(C(=O)CCl)CN1C.C[C@@H]1CC=C(c2csc(=S)[nH]2)CN1C. The molecule has 3 heterocycles. The van der Waals surface area contributed by atoms with Crippen molar-refractivity contribution in [3.8, 4) is 0 Å². The maximum atomic E-state index is 11.2. The summed E-state index contributed by atoms with van der Waals surface area (Å²) in [6.45, 7) is 6.16. The molecule has 26 heavy (non-hydrogen) atoms. The quantitative estimate of drug-likeness (QED) is 0.590. The van der Waals surface area contributed by atoms with Crippen LogP contribution in [0.5, 0.6) is 0 Å². The average molecular weight is 414 g/mol. The van der Waals surface area contributed by atoms with Gasteiger partial charge in [-0.2, -0.15) is 0 Å². The van der Waals surface area contributed by atoms with Gasteiger partial charge in [0.2, 0.25) is 0 Å². The molecule has 0 bridgehead atoms. The van der Waals surface area contributed by atoms with Gasteiger partial charge in [0.15, 0.2) is 9.74 Å². The number of Topliss-reactive ketones (excluding diaryl/α,β-unsaturated/α-hetero) is 1. The molecule has 3 rings (SSSR count). The lowest BCUT2D eigenvalue weighted by atomic mass is 10.0. The molecule has 1 aromatic rings. The van der Waals surface area contributed by atoms with Crippen LogP contribution >= 0.6 is 35.2 Å². The summed E-state index contributed by atoms with van der Waals surface area (Å²) >= 11 is 12.1. The Hall–Kier alpha value is -0.790. The van der Waals surface area contributed by atoms with Gasteiger partial charge in [-0.3, -0.25) is 14.6 Å². The summed E-state index contributed by atoms with van der Waals surface area (Å²) in [6, 6.07) is 1.19. The molecule has 2 aliphatic heterocycles. The highest BCUT2D eigenvalue weighted by atomic mass is 35.5. The number of hydrogen-bond donors (Lipinski definition) is 1. The zero-order valence-corrected chi connectivity index (χ0v) is 18.3. The fourth-order valence-electron chi connectivity index (χ4n) is 2.88. The summed E-state index contributed by atoms with van der Waals surface area (Å²) in [5.41, 5.74) is 3.43. The second kappa shape index (κ2) is 9.95. The fourth-order valence-corrected chi connectivity index (χ4v) is 3.91. The first-order chi connectivity index (χ1) is 12.3. The Morgan fingerprint density at radius 2 is 1.85 bits per heavy atom. The molecule has 144 valence electrons. The summed E-state index contributed by atoms with van der Waals surface area (Å²) in [7, 11) is 4.19. The molecule has 0 saturated carbocycles. The lowest BCUT2D eigenvalue weighted by Crippen LogP contribution is -2.35. The van der Waals surface area contributed by atoms with Crippen LogP contribution in [0.4, 0.5) is 0 Å². The van der Waals surface area contributed by atoms with Crippen LogP contribution in [0.15, 0.2) is 23.1 Å². The second-order valence-corrected chi connectivity index (χ2v) is 8.89. The number of thiazole rings is 1. The third-order valence-corrected chi connectivity index (χ3v) is 6.40. The van der Waals surface area contributed by atoms with Crippen molar-refractivity contribution in [2.45, 2.75) is 38.8 Å². The molecule has 0 amide bonds. The van der Waals surface area contributed by atoms with E-state index in [1.807, 2.05) is 13.1 Å². The highest BCUT2D eigenvalue weighted by Gasteiger charge is 2.19. The third kappa shape index (κ3) is 5.86. The Morgan fingerprint density at radius 1 is 1.23 bits per heavy atom. The minimum Gasteiger partial charge on any atom is -0.337 e. The minimum atomic E-state index is 0.0652. The molecule has 0 spiro atoms. The highest BCUT2D eigenvalue weighted by molar-refractivity contribution is 7.73. The summed E-state index contributed by atoms with van der Waals surface area (Å²) in [5.74, 6) is 0.170. The molecule has 4 nitrogen and oxygen atoms in total. The number of carbonyl (C=O) groups excluding carboxylic acids is 1. The Morgan fingerprint density at radius 3 is 2.35 bits per heavy atom. The van der Waals surface area contributed by atoms with E-state index in [2.05, 4.69) is 47.1 Å². The topological polar surface area (TPSA) is 39.3 Å². The number of ketones is 1. The molecule has 0 fully saturated rings. The van der Waals surface area contributed by atoms with Gasteiger partial charge in [-0.1, -0.05) is 12.2 Å². The standard InChI is InChI=1S/C10H14N2S2.C9H14ClNO/c1-7-3-4-8(5-12(7)2)9-6-14-10(13)11-9;1-7-3-4-8(6-11(7)2)9(12)5-10/h4,6-7H,3,5H2,1-2H3,(H,11,13);4,7H,3,5-6H2,1-2H3/t2*7-/m11/s1. The second-order valence-electron chi connectivity index (χ2n) is 7.08. The van der Waals surface area contributed by atoms with Crippen molar-refractivity contribution in [3.05, 3.63) is 32.8 Å². The summed E-state index contributed by atoms with van der Waals surface area (Å²) in [6.07, 6.45) is 6.41. The van der Waals surface area contributed by atoms with Crippen molar-refractivity contribution in [2.75, 3.05) is 33.1 Å². The monoisotopic (exact) mass is 413 g/mol. The molecule has 0 unspecified atom stereocenters. The molecular weight excluding hydrogens is 386 g/mol. The summed E-state index contributed by atoms with van der Waals surface area (Å²) in [5, 5.41) is 2.11. The van der Waals surface area contributed by atoms with Gasteiger partial charge in [0, 0.05) is 36.1 Å². The number of aromatic nitrogens is 1. The van der Waals surface area contributed by atoms with E-state index >= 15 is 0 Å². The van der Waals surface area contributed by atoms with E-state index in [1.165, 1.54) is 11.3 Å². The van der Waals surface area contributed by atoms with Gasteiger partial charge in [0.25, 0.3) is 0 Å². The van der Waals surface area contributed by atoms with Gasteiger partial charge in [-0.25, -0.2) is 0 Å². The lowest BCUT2D eigenvalue weighted by molar-refractivity contribution is -0.113. The van der Waals surface area contributed by atoms with Gasteiger partial charge < -0.3 is 4.98 Å². The Kier molecular flexibility index (Phi) is 8.23. The van der Waals surface area contributed by atoms with Gasteiger partial charge in [0.05, 0.1) is 11.6 Å². The van der Waals surface area contributed by atoms with Crippen LogP contribution in [0.25, 0.3) is 5.57 Å². The lowest BCUT2D eigenvalue weighted by Gasteiger charge is -2.29. The Balaban J connectivity index is 0.000000190. The largest absolute Gasteiger partial charge is 0.337 e. The van der Waals surface area contributed by atoms with Gasteiger partial charge in [-0.05, 0) is 58.6 Å². The Bertz CT molecular complexity index is 737. The third-order valence-electron chi connectivity index (χ3n) is 5.10. The van der Waals surface area contributed by atoms with E-state index in [4.69, 9.17) is 23.8 Å². The number of H-pyrrole nitrogens is 1. The van der Waals surface area contributed by atoms with Crippen molar-refractivity contribution < 1.29 is 4.79 Å². The van der Waals surface area contributed by atoms with Gasteiger partial charge in [-0.15, -0.1) is 22.9 Å². The number of carbonyl (C=O) groups is 1. The molecule has 2 aliphatic rings. The first kappa shape index (κ1) is 21.5. The van der Waals surface area contributed by atoms with Crippen LogP contribution < -0.4 is 0 Å². The molecular formula is C19H28ClN3OS2. The van der Waals surface area contributed by atoms with Crippen molar-refractivity contribution in [2.24, 2.45) is 0 Å². The van der Waals surface area contributed by atoms with Crippen molar-refractivity contribution >= 4 is 46.5 Å². The predicted octanol–water partition coefficient (Wildman–Crippen LogP) is 4.36. The van der Waals surface area contributed by atoms with Gasteiger partial charge in [0.1, 0.15) is 0 Å². The molecule has 7 heteroatoms. The molecule has 0 saturated heterocycles. The minimum absolute atomic E-state index is 0.0652. The van der Waals surface area contributed by atoms with E-state index in [-0.39, 0.29) is 11.7 Å². The van der Waals surface area contributed by atoms with Crippen LogP contribution in [0.1, 0.15) is 32.4 Å². The molecule has 0 aliphatic carbocycles. The predicted molar refractivity (Wildman–Crippen MR) is 115 cm³/mol. The molecule has 1 N–H and O–H groups in total. The zero-order chi connectivity index (χ0) is 19.3. The normalized spacial score (nSPS) is 24.3. The van der Waals surface area contributed by atoms with E-state index in [0.29, 0.717) is 12.1 Å². The summed E-state index contributed by atoms with van der Waals surface area (Å²) < 4.78 is 0.863. The van der Waals surface area contributed by atoms with Crippen molar-refractivity contribution in [1.29, 1.82) is 0 Å². The summed E-state index contributed by atoms with van der Waals surface area (Å²) in [4.78, 5) is 18.9. The van der Waals surface area contributed by atoms with Crippen LogP contribution in [-0.2, 0) is 4.79 Å². The van der Waals surface area contributed by atoms with E-state index in [0.717, 1.165) is 35.5 Å². The van der Waals surface area contributed by atoms with Crippen molar-refractivity contribution in [3.63, 3.8) is 0 Å². The fraction of sp³-hybridized carbons (Fsp3) is 0.579. The van der Waals surface area contributed by atoms with E-state index < -0.39 is 0 Å². The Labute approximate surface area is 170 Å². The molecule has 1 aromatic heterocycles. The van der Waals surface area contributed by atoms with Gasteiger partial charge >= 0.3 is 0 Å². The maximum absolute atomic E-state index is 11.2. The number of nitrogens with one attached hydrogen (secondary N) is 1. The first-order valence-corrected chi connectivity index (χ1v) is 10.7. The first-order valence-electron chi connectivity index (χ1n) is 8.87.